The number of likely N-dealkylation sites (N-methyl/N-ethyl adjacent to an activating group) is 1. The van der Waals surface area contributed by atoms with E-state index in [0.717, 1.165) is 57.8 Å². The largest absolute Gasteiger partial charge is 0.356 e. The van der Waals surface area contributed by atoms with Crippen LogP contribution in [0.1, 0.15) is 31.4 Å². The number of hydrogen-bond donors (Lipinski definition) is 0. The summed E-state index contributed by atoms with van der Waals surface area (Å²) in [5, 5.41) is 9.09. The van der Waals surface area contributed by atoms with Crippen molar-refractivity contribution in [3.05, 3.63) is 23.9 Å². The van der Waals surface area contributed by atoms with Crippen LogP contribution < -0.4 is 4.90 Å². The van der Waals surface area contributed by atoms with Crippen molar-refractivity contribution < 1.29 is 4.79 Å². The fourth-order valence-corrected chi connectivity index (χ4v) is 4.03. The van der Waals surface area contributed by atoms with Crippen LogP contribution in [0.5, 0.6) is 0 Å². The number of hydrogen-bond acceptors (Lipinski definition) is 5. The molecular formula is C19H27N5O. The van der Waals surface area contributed by atoms with Crippen molar-refractivity contribution >= 4 is 11.7 Å². The van der Waals surface area contributed by atoms with E-state index in [4.69, 9.17) is 5.26 Å². The zero-order valence-electron chi connectivity index (χ0n) is 15.2. The Labute approximate surface area is 150 Å². The van der Waals surface area contributed by atoms with E-state index in [0.29, 0.717) is 12.1 Å². The molecule has 1 aromatic rings. The number of piperidine rings is 2. The number of nitriles is 1. The quantitative estimate of drug-likeness (QED) is 0.834. The lowest BCUT2D eigenvalue weighted by atomic mass is 9.73. The molecule has 1 spiro atoms. The Bertz CT molecular complexity index is 668. The Hall–Kier alpha value is -2.13. The first-order valence-electron chi connectivity index (χ1n) is 9.06. The summed E-state index contributed by atoms with van der Waals surface area (Å²) in [5.41, 5.74) is 0.617. The normalized spacial score (nSPS) is 24.0. The summed E-state index contributed by atoms with van der Waals surface area (Å²) >= 11 is 0. The summed E-state index contributed by atoms with van der Waals surface area (Å²) in [7, 11) is 4.08. The maximum atomic E-state index is 12.3. The maximum absolute atomic E-state index is 12.3. The van der Waals surface area contributed by atoms with Crippen molar-refractivity contribution in [2.24, 2.45) is 5.41 Å². The summed E-state index contributed by atoms with van der Waals surface area (Å²) in [6.45, 7) is 4.43. The van der Waals surface area contributed by atoms with Gasteiger partial charge in [0.05, 0.1) is 0 Å². The van der Waals surface area contributed by atoms with Crippen LogP contribution in [0.25, 0.3) is 0 Å². The topological polar surface area (TPSA) is 63.5 Å². The molecule has 6 heteroatoms. The second kappa shape index (κ2) is 7.40. The zero-order chi connectivity index (χ0) is 17.9. The van der Waals surface area contributed by atoms with E-state index in [1.165, 1.54) is 0 Å². The van der Waals surface area contributed by atoms with Crippen molar-refractivity contribution in [3.63, 3.8) is 0 Å². The van der Waals surface area contributed by atoms with Gasteiger partial charge in [-0.05, 0) is 45.5 Å². The van der Waals surface area contributed by atoms with Gasteiger partial charge in [-0.15, -0.1) is 0 Å². The molecule has 2 aliphatic heterocycles. The molecule has 3 heterocycles. The van der Waals surface area contributed by atoms with E-state index in [1.54, 1.807) is 6.07 Å². The molecule has 25 heavy (non-hydrogen) atoms. The van der Waals surface area contributed by atoms with E-state index in [9.17, 15) is 4.79 Å². The van der Waals surface area contributed by atoms with E-state index < -0.39 is 0 Å². The maximum Gasteiger partial charge on any atom is 0.222 e. The summed E-state index contributed by atoms with van der Waals surface area (Å²) in [6.07, 6.45) is 3.87. The third-order valence-electron chi connectivity index (χ3n) is 5.40. The second-order valence-corrected chi connectivity index (χ2v) is 7.64. The van der Waals surface area contributed by atoms with Gasteiger partial charge in [-0.2, -0.15) is 5.26 Å². The van der Waals surface area contributed by atoms with Gasteiger partial charge in [0.1, 0.15) is 17.6 Å². The van der Waals surface area contributed by atoms with Crippen LogP contribution in [0.4, 0.5) is 5.82 Å². The number of pyridine rings is 1. The molecule has 0 bridgehead atoms. The molecule has 6 nitrogen and oxygen atoms in total. The number of rotatable bonds is 4. The molecule has 3 rings (SSSR count). The summed E-state index contributed by atoms with van der Waals surface area (Å²) in [6, 6.07) is 7.75. The van der Waals surface area contributed by atoms with Gasteiger partial charge in [0, 0.05) is 44.6 Å². The summed E-state index contributed by atoms with van der Waals surface area (Å²) in [4.78, 5) is 23.2. The van der Waals surface area contributed by atoms with Gasteiger partial charge >= 0.3 is 0 Å². The number of carbonyl (C=O) groups is 1. The second-order valence-electron chi connectivity index (χ2n) is 7.64. The van der Waals surface area contributed by atoms with Crippen LogP contribution in [-0.4, -0.2) is 67.5 Å². The number of likely N-dealkylation sites (tertiary alicyclic amines) is 1. The Morgan fingerprint density at radius 1 is 1.32 bits per heavy atom. The average molecular weight is 341 g/mol. The van der Waals surface area contributed by atoms with Crippen LogP contribution in [-0.2, 0) is 4.79 Å². The Morgan fingerprint density at radius 2 is 2.16 bits per heavy atom. The van der Waals surface area contributed by atoms with Crippen LogP contribution in [0.3, 0.4) is 0 Å². The number of nitrogens with zero attached hydrogens (tertiary/aromatic N) is 5. The lowest BCUT2D eigenvalue weighted by Gasteiger charge is -2.48. The van der Waals surface area contributed by atoms with Crippen LogP contribution in [0.2, 0.25) is 0 Å². The molecule has 1 aromatic heterocycles. The van der Waals surface area contributed by atoms with Crippen molar-refractivity contribution in [1.82, 2.24) is 14.8 Å². The van der Waals surface area contributed by atoms with Gasteiger partial charge in [0.2, 0.25) is 5.91 Å². The van der Waals surface area contributed by atoms with E-state index in [-0.39, 0.29) is 11.3 Å². The number of carbonyl (C=O) groups excluding carboxylic acids is 1. The van der Waals surface area contributed by atoms with Crippen molar-refractivity contribution in [1.29, 1.82) is 5.26 Å². The molecule has 134 valence electrons. The summed E-state index contributed by atoms with van der Waals surface area (Å²) < 4.78 is 0. The highest BCUT2D eigenvalue weighted by molar-refractivity contribution is 5.77. The molecule has 0 aliphatic carbocycles. The molecule has 2 aliphatic rings. The molecule has 1 amide bonds. The molecule has 0 saturated carbocycles. The van der Waals surface area contributed by atoms with Crippen molar-refractivity contribution in [2.75, 3.05) is 51.7 Å². The van der Waals surface area contributed by atoms with Crippen LogP contribution in [0, 0.1) is 16.7 Å². The number of anilines is 1. The highest BCUT2D eigenvalue weighted by Crippen LogP contribution is 2.39. The van der Waals surface area contributed by atoms with Crippen LogP contribution >= 0.6 is 0 Å². The molecule has 2 fully saturated rings. The van der Waals surface area contributed by atoms with E-state index >= 15 is 0 Å². The third-order valence-corrected chi connectivity index (χ3v) is 5.40. The standard InChI is InChI=1S/C19H27N5O/c1-22(2)11-12-24-15-19(9-7-18(24)25)8-4-10-23(14-19)17-6-3-5-16(13-20)21-17/h3,5-6H,4,7-12,14-15H2,1-2H3/t19-/m1/s1. The monoisotopic (exact) mass is 341 g/mol. The zero-order valence-corrected chi connectivity index (χ0v) is 15.2. The highest BCUT2D eigenvalue weighted by Gasteiger charge is 2.41. The molecule has 0 aromatic carbocycles. The Kier molecular flexibility index (Phi) is 5.24. The van der Waals surface area contributed by atoms with Gasteiger partial charge in [0.15, 0.2) is 0 Å². The molecule has 0 radical (unpaired) electrons. The van der Waals surface area contributed by atoms with E-state index in [1.807, 2.05) is 31.1 Å². The van der Waals surface area contributed by atoms with Gasteiger partial charge in [-0.3, -0.25) is 4.79 Å². The van der Waals surface area contributed by atoms with E-state index in [2.05, 4.69) is 20.9 Å². The predicted octanol–water partition coefficient (Wildman–Crippen LogP) is 1.72. The molecule has 0 unspecified atom stereocenters. The fourth-order valence-electron chi connectivity index (χ4n) is 4.03. The fraction of sp³-hybridized carbons (Fsp3) is 0.632. The smallest absolute Gasteiger partial charge is 0.222 e. The van der Waals surface area contributed by atoms with Gasteiger partial charge in [-0.1, -0.05) is 6.07 Å². The minimum Gasteiger partial charge on any atom is -0.356 e. The minimum atomic E-state index is 0.156. The lowest BCUT2D eigenvalue weighted by molar-refractivity contribution is -0.138. The molecule has 1 atom stereocenters. The molecule has 0 N–H and O–H groups in total. The third kappa shape index (κ3) is 4.10. The molecular weight excluding hydrogens is 314 g/mol. The summed E-state index contributed by atoms with van der Waals surface area (Å²) in [5.74, 6) is 1.17. The Morgan fingerprint density at radius 3 is 2.92 bits per heavy atom. The van der Waals surface area contributed by atoms with Crippen molar-refractivity contribution in [2.45, 2.75) is 25.7 Å². The SMILES string of the molecule is CN(C)CCN1C[C@]2(CCCN(c3cccc(C#N)n3)C2)CCC1=O. The lowest BCUT2D eigenvalue weighted by Crippen LogP contribution is -2.55. The average Bonchev–Trinajstić information content (AvgIpc) is 2.63. The first-order chi connectivity index (χ1) is 12.0. The van der Waals surface area contributed by atoms with Crippen LogP contribution in [0.15, 0.2) is 18.2 Å². The van der Waals surface area contributed by atoms with Gasteiger partial charge in [-0.25, -0.2) is 4.98 Å². The molecule has 2 saturated heterocycles. The first-order valence-corrected chi connectivity index (χ1v) is 9.06. The van der Waals surface area contributed by atoms with Crippen molar-refractivity contribution in [3.8, 4) is 6.07 Å². The highest BCUT2D eigenvalue weighted by atomic mass is 16.2. The van der Waals surface area contributed by atoms with Gasteiger partial charge in [0.25, 0.3) is 0 Å². The minimum absolute atomic E-state index is 0.156. The Balaban J connectivity index is 1.72. The van der Waals surface area contributed by atoms with Gasteiger partial charge < -0.3 is 14.7 Å². The predicted molar refractivity (Wildman–Crippen MR) is 97.2 cm³/mol. The number of amides is 1. The first kappa shape index (κ1) is 17.7. The number of aromatic nitrogens is 1.